The molecule has 0 aliphatic rings. The van der Waals surface area contributed by atoms with Gasteiger partial charge in [0.25, 0.3) is 0 Å². The van der Waals surface area contributed by atoms with Crippen molar-refractivity contribution in [1.82, 2.24) is 4.98 Å². The number of nitrogens with zero attached hydrogens (tertiary/aromatic N) is 2. The third-order valence-electron chi connectivity index (χ3n) is 2.05. The lowest BCUT2D eigenvalue weighted by Crippen LogP contribution is -1.94. The van der Waals surface area contributed by atoms with Crippen LogP contribution in [0.25, 0.3) is 0 Å². The van der Waals surface area contributed by atoms with E-state index in [0.717, 1.165) is 0 Å². The van der Waals surface area contributed by atoms with Crippen LogP contribution in [-0.4, -0.2) is 11.2 Å². The van der Waals surface area contributed by atoms with Crippen molar-refractivity contribution in [3.63, 3.8) is 0 Å². The van der Waals surface area contributed by atoms with Crippen molar-refractivity contribution in [2.45, 2.75) is 0 Å². The third kappa shape index (κ3) is 2.84. The van der Waals surface area contributed by atoms with Gasteiger partial charge in [-0.1, -0.05) is 5.92 Å². The van der Waals surface area contributed by atoms with Crippen molar-refractivity contribution in [2.24, 2.45) is 5.10 Å². The van der Waals surface area contributed by atoms with Gasteiger partial charge in [0, 0.05) is 16.5 Å². The highest BCUT2D eigenvalue weighted by molar-refractivity contribution is 7.14. The molecule has 1 heterocycles. The van der Waals surface area contributed by atoms with Gasteiger partial charge in [0.15, 0.2) is 0 Å². The summed E-state index contributed by atoms with van der Waals surface area (Å²) in [5.74, 6) is 2.51. The van der Waals surface area contributed by atoms with Gasteiger partial charge in [-0.15, -0.1) is 17.8 Å². The molecule has 90 valence electrons. The summed E-state index contributed by atoms with van der Waals surface area (Å²) in [6, 6.07) is 4.15. The molecule has 1 aromatic heterocycles. The van der Waals surface area contributed by atoms with Crippen molar-refractivity contribution in [3.8, 4) is 12.3 Å². The van der Waals surface area contributed by atoms with E-state index in [1.807, 2.05) is 0 Å². The first kappa shape index (κ1) is 12.1. The molecule has 2 aromatic rings. The van der Waals surface area contributed by atoms with Crippen molar-refractivity contribution in [1.29, 1.82) is 0 Å². The molecule has 0 fully saturated rings. The lowest BCUT2D eigenvalue weighted by molar-refractivity contribution is 0.627. The van der Waals surface area contributed by atoms with Gasteiger partial charge < -0.3 is 5.73 Å². The van der Waals surface area contributed by atoms with Crippen LogP contribution in [0, 0.1) is 18.2 Å². The monoisotopic (exact) mass is 260 g/mol. The van der Waals surface area contributed by atoms with E-state index in [1.165, 1.54) is 35.8 Å². The molecule has 0 bridgehead atoms. The number of anilines is 2. The van der Waals surface area contributed by atoms with Crippen molar-refractivity contribution in [2.75, 3.05) is 11.2 Å². The van der Waals surface area contributed by atoms with Crippen LogP contribution in [-0.2, 0) is 0 Å². The molecule has 18 heavy (non-hydrogen) atoms. The van der Waals surface area contributed by atoms with Crippen molar-refractivity contribution < 1.29 is 4.39 Å². The van der Waals surface area contributed by atoms with Gasteiger partial charge in [-0.05, 0) is 18.2 Å². The van der Waals surface area contributed by atoms with Crippen LogP contribution in [0.2, 0.25) is 0 Å². The number of halogens is 1. The molecule has 6 heteroatoms. The molecule has 0 radical (unpaired) electrons. The van der Waals surface area contributed by atoms with Gasteiger partial charge in [-0.25, -0.2) is 9.37 Å². The minimum absolute atomic E-state index is 0.367. The summed E-state index contributed by atoms with van der Waals surface area (Å²) < 4.78 is 13.1. The fourth-order valence-electron chi connectivity index (χ4n) is 1.27. The summed E-state index contributed by atoms with van der Waals surface area (Å²) in [4.78, 5) is 3.96. The first-order chi connectivity index (χ1) is 8.69. The Morgan fingerprint density at radius 3 is 3.06 bits per heavy atom. The fourth-order valence-corrected chi connectivity index (χ4v) is 1.81. The number of hydrogen-bond donors (Lipinski definition) is 2. The van der Waals surface area contributed by atoms with E-state index in [2.05, 4.69) is 21.4 Å². The highest BCUT2D eigenvalue weighted by atomic mass is 32.1. The number of benzene rings is 1. The van der Waals surface area contributed by atoms with Crippen molar-refractivity contribution in [3.05, 3.63) is 40.5 Å². The topological polar surface area (TPSA) is 63.3 Å². The average molecular weight is 260 g/mol. The summed E-state index contributed by atoms with van der Waals surface area (Å²) in [6.45, 7) is 0. The molecule has 0 atom stereocenters. The molecule has 0 spiro atoms. The molecule has 3 N–H and O–H groups in total. The Morgan fingerprint density at radius 2 is 2.39 bits per heavy atom. The Kier molecular flexibility index (Phi) is 3.55. The lowest BCUT2D eigenvalue weighted by Gasteiger charge is -1.98. The summed E-state index contributed by atoms with van der Waals surface area (Å²) in [5.41, 5.74) is 9.24. The highest BCUT2D eigenvalue weighted by Crippen LogP contribution is 2.16. The van der Waals surface area contributed by atoms with Crippen LogP contribution in [0.4, 0.5) is 15.3 Å². The highest BCUT2D eigenvalue weighted by Gasteiger charge is 2.00. The Bertz CT molecular complexity index is 627. The largest absolute Gasteiger partial charge is 0.383 e. The number of nitrogen functional groups attached to an aromatic ring is 1. The summed E-state index contributed by atoms with van der Waals surface area (Å²) in [6.07, 6.45) is 6.75. The van der Waals surface area contributed by atoms with E-state index in [-0.39, 0.29) is 5.82 Å². The number of terminal acetylenes is 1. The number of rotatable bonds is 3. The van der Waals surface area contributed by atoms with Crippen LogP contribution in [0.15, 0.2) is 28.7 Å². The normalized spacial score (nSPS) is 10.4. The number of hydrazone groups is 1. The van der Waals surface area contributed by atoms with Crippen LogP contribution in [0.5, 0.6) is 0 Å². The average Bonchev–Trinajstić information content (AvgIpc) is 2.75. The van der Waals surface area contributed by atoms with E-state index >= 15 is 0 Å². The zero-order valence-electron chi connectivity index (χ0n) is 9.22. The fraction of sp³-hybridized carbons (Fsp3) is 0. The smallest absolute Gasteiger partial charge is 0.205 e. The summed E-state index contributed by atoms with van der Waals surface area (Å²) in [7, 11) is 0. The Morgan fingerprint density at radius 1 is 1.56 bits per heavy atom. The molecule has 0 unspecified atom stereocenters. The molecule has 0 aliphatic heterocycles. The zero-order valence-corrected chi connectivity index (χ0v) is 10.0. The Balaban J connectivity index is 2.14. The van der Waals surface area contributed by atoms with E-state index in [1.54, 1.807) is 5.38 Å². The number of thiazole rings is 1. The molecule has 0 amide bonds. The molecular weight excluding hydrogens is 251 g/mol. The summed E-state index contributed by atoms with van der Waals surface area (Å²) in [5, 5.41) is 6.18. The van der Waals surface area contributed by atoms with E-state index < -0.39 is 0 Å². The maximum absolute atomic E-state index is 13.1. The predicted octanol–water partition coefficient (Wildman–Crippen LogP) is 2.29. The van der Waals surface area contributed by atoms with E-state index in [4.69, 9.17) is 12.2 Å². The minimum atomic E-state index is -0.367. The quantitative estimate of drug-likeness (QED) is 0.505. The maximum Gasteiger partial charge on any atom is 0.205 e. The Hall–Kier alpha value is -2.39. The number of hydrogen-bond acceptors (Lipinski definition) is 5. The Labute approximate surface area is 107 Å². The van der Waals surface area contributed by atoms with Crippen molar-refractivity contribution >= 4 is 28.5 Å². The van der Waals surface area contributed by atoms with E-state index in [9.17, 15) is 4.39 Å². The molecule has 4 nitrogen and oxygen atoms in total. The third-order valence-corrected chi connectivity index (χ3v) is 2.82. The molecule has 0 aliphatic carbocycles. The van der Waals surface area contributed by atoms with Gasteiger partial charge in [0.1, 0.15) is 11.6 Å². The second kappa shape index (κ2) is 5.29. The van der Waals surface area contributed by atoms with Crippen LogP contribution < -0.4 is 11.2 Å². The molecule has 0 saturated carbocycles. The predicted molar refractivity (Wildman–Crippen MR) is 72.1 cm³/mol. The van der Waals surface area contributed by atoms with Gasteiger partial charge >= 0.3 is 0 Å². The van der Waals surface area contributed by atoms with Crippen LogP contribution in [0.3, 0.4) is 0 Å². The first-order valence-electron chi connectivity index (χ1n) is 4.95. The van der Waals surface area contributed by atoms with Gasteiger partial charge in [-0.3, -0.25) is 5.43 Å². The first-order valence-corrected chi connectivity index (χ1v) is 5.83. The maximum atomic E-state index is 13.1. The summed E-state index contributed by atoms with van der Waals surface area (Å²) >= 11 is 1.32. The SMILES string of the molecule is C#Cc1ccc(F)cc1C=NNc1nc(N)cs1. The van der Waals surface area contributed by atoms with Crippen LogP contribution >= 0.6 is 11.3 Å². The lowest BCUT2D eigenvalue weighted by atomic mass is 10.1. The number of nitrogens with two attached hydrogens (primary N) is 1. The second-order valence-electron chi connectivity index (χ2n) is 3.32. The molecule has 0 saturated heterocycles. The van der Waals surface area contributed by atoms with Gasteiger partial charge in [0.05, 0.1) is 6.21 Å². The minimum Gasteiger partial charge on any atom is -0.383 e. The molecule has 2 rings (SSSR count). The van der Waals surface area contributed by atoms with Gasteiger partial charge in [0.2, 0.25) is 5.13 Å². The zero-order chi connectivity index (χ0) is 13.0. The van der Waals surface area contributed by atoms with Gasteiger partial charge in [-0.2, -0.15) is 5.10 Å². The second-order valence-corrected chi connectivity index (χ2v) is 4.18. The van der Waals surface area contributed by atoms with E-state index in [0.29, 0.717) is 22.1 Å². The number of aromatic nitrogens is 1. The van der Waals surface area contributed by atoms with Crippen LogP contribution in [0.1, 0.15) is 11.1 Å². The molecular formula is C12H9FN4S. The standard InChI is InChI=1S/C12H9FN4S/c1-2-8-3-4-10(13)5-9(8)6-15-17-12-16-11(14)7-18-12/h1,3-7H,14H2,(H,16,17). The number of nitrogens with one attached hydrogen (secondary N) is 1. The molecule has 1 aromatic carbocycles.